The Morgan fingerprint density at radius 1 is 0.800 bits per heavy atom. The van der Waals surface area contributed by atoms with E-state index in [9.17, 15) is 4.79 Å². The Bertz CT molecular complexity index is 887. The van der Waals surface area contributed by atoms with Crippen molar-refractivity contribution in [3.8, 4) is 11.5 Å². The van der Waals surface area contributed by atoms with Crippen LogP contribution in [0, 0.1) is 5.41 Å². The zero-order valence-corrected chi connectivity index (χ0v) is 13.7. The highest BCUT2D eigenvalue weighted by Gasteiger charge is 2.15. The number of ether oxygens (including phenoxy) is 2. The number of methoxy groups -OCH3 is 1. The third-order valence-corrected chi connectivity index (χ3v) is 3.75. The fourth-order valence-corrected chi connectivity index (χ4v) is 2.41. The van der Waals surface area contributed by atoms with Crippen LogP contribution in [0.2, 0.25) is 0 Å². The lowest BCUT2D eigenvalue weighted by molar-refractivity contribution is 0.0734. The van der Waals surface area contributed by atoms with Crippen LogP contribution >= 0.6 is 0 Å². The summed E-state index contributed by atoms with van der Waals surface area (Å²) in [6.07, 6.45) is 0. The highest BCUT2D eigenvalue weighted by Crippen LogP contribution is 2.23. The second-order valence-electron chi connectivity index (χ2n) is 5.36. The van der Waals surface area contributed by atoms with Crippen molar-refractivity contribution in [1.29, 1.82) is 5.41 Å². The third-order valence-electron chi connectivity index (χ3n) is 3.75. The van der Waals surface area contributed by atoms with Crippen molar-refractivity contribution in [3.05, 3.63) is 95.6 Å². The number of esters is 1. The minimum atomic E-state index is -0.449. The molecule has 0 fully saturated rings. The lowest BCUT2D eigenvalue weighted by Gasteiger charge is -2.11. The molecule has 0 aliphatic heterocycles. The van der Waals surface area contributed by atoms with Crippen molar-refractivity contribution in [2.75, 3.05) is 7.11 Å². The lowest BCUT2D eigenvalue weighted by Crippen LogP contribution is -2.12. The minimum absolute atomic E-state index is 0.277. The monoisotopic (exact) mass is 331 g/mol. The molecule has 0 bridgehead atoms. The standard InChI is InChI=1S/C21H17NO3/c1-24-17-13-11-15(12-14-17)20(22)18-9-5-6-10-19(18)25-21(23)16-7-3-2-4-8-16/h2-14,22H,1H3. The summed E-state index contributed by atoms with van der Waals surface area (Å²) in [5.41, 5.74) is 2.01. The van der Waals surface area contributed by atoms with Crippen LogP contribution in [0.1, 0.15) is 21.5 Å². The van der Waals surface area contributed by atoms with E-state index in [0.29, 0.717) is 22.4 Å². The number of benzene rings is 3. The van der Waals surface area contributed by atoms with Crippen molar-refractivity contribution >= 4 is 11.7 Å². The number of carbonyl (C=O) groups excluding carboxylic acids is 1. The third kappa shape index (κ3) is 3.75. The Morgan fingerprint density at radius 2 is 1.44 bits per heavy atom. The molecule has 124 valence electrons. The second-order valence-corrected chi connectivity index (χ2v) is 5.36. The van der Waals surface area contributed by atoms with Gasteiger partial charge in [-0.3, -0.25) is 5.41 Å². The Hall–Kier alpha value is -3.40. The Kier molecular flexibility index (Phi) is 4.90. The fourth-order valence-electron chi connectivity index (χ4n) is 2.41. The number of nitrogens with one attached hydrogen (secondary N) is 1. The summed E-state index contributed by atoms with van der Waals surface area (Å²) >= 11 is 0. The molecule has 25 heavy (non-hydrogen) atoms. The summed E-state index contributed by atoms with van der Waals surface area (Å²) in [5.74, 6) is 0.632. The predicted octanol–water partition coefficient (Wildman–Crippen LogP) is 4.33. The number of rotatable bonds is 5. The molecule has 0 spiro atoms. The average Bonchev–Trinajstić information content (AvgIpc) is 2.68. The molecule has 0 aliphatic rings. The maximum atomic E-state index is 12.3. The minimum Gasteiger partial charge on any atom is -0.497 e. The van der Waals surface area contributed by atoms with Gasteiger partial charge in [-0.05, 0) is 48.5 Å². The fraction of sp³-hybridized carbons (Fsp3) is 0.0476. The van der Waals surface area contributed by atoms with Crippen LogP contribution in [0.4, 0.5) is 0 Å². The molecule has 0 heterocycles. The van der Waals surface area contributed by atoms with Crippen molar-refractivity contribution in [2.24, 2.45) is 0 Å². The van der Waals surface area contributed by atoms with Crippen molar-refractivity contribution in [3.63, 3.8) is 0 Å². The molecule has 0 aliphatic carbocycles. The quantitative estimate of drug-likeness (QED) is 0.430. The zero-order chi connectivity index (χ0) is 17.6. The number of para-hydroxylation sites is 1. The molecule has 3 rings (SSSR count). The SMILES string of the molecule is COc1ccc(C(=N)c2ccccc2OC(=O)c2ccccc2)cc1. The van der Waals surface area contributed by atoms with E-state index in [4.69, 9.17) is 14.9 Å². The van der Waals surface area contributed by atoms with Gasteiger partial charge in [-0.25, -0.2) is 4.79 Å². The van der Waals surface area contributed by atoms with Gasteiger partial charge in [0.15, 0.2) is 0 Å². The first kappa shape index (κ1) is 16.5. The van der Waals surface area contributed by atoms with Crippen LogP contribution in [0.15, 0.2) is 78.9 Å². The molecule has 0 aromatic heterocycles. The average molecular weight is 331 g/mol. The van der Waals surface area contributed by atoms with Gasteiger partial charge < -0.3 is 9.47 Å². The van der Waals surface area contributed by atoms with Gasteiger partial charge in [0.2, 0.25) is 0 Å². The van der Waals surface area contributed by atoms with Crippen molar-refractivity contribution in [1.82, 2.24) is 0 Å². The first-order valence-electron chi connectivity index (χ1n) is 7.78. The summed E-state index contributed by atoms with van der Waals surface area (Å²) in [6, 6.07) is 23.0. The molecule has 0 saturated heterocycles. The van der Waals surface area contributed by atoms with E-state index in [1.54, 1.807) is 73.8 Å². The molecule has 1 N–H and O–H groups in total. The van der Waals surface area contributed by atoms with E-state index in [1.807, 2.05) is 12.1 Å². The van der Waals surface area contributed by atoms with Gasteiger partial charge in [0, 0.05) is 11.1 Å². The highest BCUT2D eigenvalue weighted by atomic mass is 16.5. The lowest BCUT2D eigenvalue weighted by atomic mass is 10.0. The van der Waals surface area contributed by atoms with E-state index >= 15 is 0 Å². The van der Waals surface area contributed by atoms with E-state index in [0.717, 1.165) is 5.75 Å². The zero-order valence-electron chi connectivity index (χ0n) is 13.7. The first-order chi connectivity index (χ1) is 12.2. The molecule has 3 aromatic rings. The first-order valence-corrected chi connectivity index (χ1v) is 7.78. The maximum absolute atomic E-state index is 12.3. The second kappa shape index (κ2) is 7.45. The van der Waals surface area contributed by atoms with Gasteiger partial charge in [-0.2, -0.15) is 0 Å². The van der Waals surface area contributed by atoms with Gasteiger partial charge in [-0.15, -0.1) is 0 Å². The van der Waals surface area contributed by atoms with Crippen LogP contribution in [-0.4, -0.2) is 18.8 Å². The molecule has 0 unspecified atom stereocenters. The van der Waals surface area contributed by atoms with E-state index in [1.165, 1.54) is 0 Å². The Balaban J connectivity index is 1.87. The summed E-state index contributed by atoms with van der Waals surface area (Å²) < 4.78 is 10.7. The molecular formula is C21H17NO3. The van der Waals surface area contributed by atoms with Gasteiger partial charge in [0.25, 0.3) is 0 Å². The molecule has 0 saturated carbocycles. The summed E-state index contributed by atoms with van der Waals surface area (Å²) in [5, 5.41) is 8.46. The topological polar surface area (TPSA) is 59.4 Å². The van der Waals surface area contributed by atoms with Crippen LogP contribution in [0.5, 0.6) is 11.5 Å². The molecule has 0 radical (unpaired) electrons. The van der Waals surface area contributed by atoms with E-state index < -0.39 is 5.97 Å². The van der Waals surface area contributed by atoms with Crippen LogP contribution in [0.25, 0.3) is 0 Å². The van der Waals surface area contributed by atoms with Gasteiger partial charge >= 0.3 is 5.97 Å². The highest BCUT2D eigenvalue weighted by molar-refractivity contribution is 6.13. The number of hydrogen-bond donors (Lipinski definition) is 1. The molecule has 0 atom stereocenters. The van der Waals surface area contributed by atoms with Gasteiger partial charge in [-0.1, -0.05) is 30.3 Å². The molecule has 3 aromatic carbocycles. The summed E-state index contributed by atoms with van der Waals surface area (Å²) in [7, 11) is 1.60. The molecule has 0 amide bonds. The Labute approximate surface area is 146 Å². The number of hydrogen-bond acceptors (Lipinski definition) is 4. The molecular weight excluding hydrogens is 314 g/mol. The van der Waals surface area contributed by atoms with E-state index in [-0.39, 0.29) is 5.71 Å². The Morgan fingerprint density at radius 3 is 2.12 bits per heavy atom. The predicted molar refractivity (Wildman–Crippen MR) is 96.8 cm³/mol. The van der Waals surface area contributed by atoms with Crippen molar-refractivity contribution in [2.45, 2.75) is 0 Å². The largest absolute Gasteiger partial charge is 0.497 e. The van der Waals surface area contributed by atoms with Gasteiger partial charge in [0.05, 0.1) is 18.4 Å². The van der Waals surface area contributed by atoms with Crippen LogP contribution in [0.3, 0.4) is 0 Å². The van der Waals surface area contributed by atoms with Crippen LogP contribution in [-0.2, 0) is 0 Å². The normalized spacial score (nSPS) is 10.1. The molecule has 4 heteroatoms. The number of carbonyl (C=O) groups is 1. The van der Waals surface area contributed by atoms with Crippen molar-refractivity contribution < 1.29 is 14.3 Å². The van der Waals surface area contributed by atoms with Gasteiger partial charge in [0.1, 0.15) is 11.5 Å². The summed E-state index contributed by atoms with van der Waals surface area (Å²) in [4.78, 5) is 12.3. The smallest absolute Gasteiger partial charge is 0.343 e. The molecule has 4 nitrogen and oxygen atoms in total. The summed E-state index contributed by atoms with van der Waals surface area (Å²) in [6.45, 7) is 0. The maximum Gasteiger partial charge on any atom is 0.343 e. The van der Waals surface area contributed by atoms with E-state index in [2.05, 4.69) is 0 Å². The van der Waals surface area contributed by atoms with Crippen LogP contribution < -0.4 is 9.47 Å².